The summed E-state index contributed by atoms with van der Waals surface area (Å²) in [5.41, 5.74) is 17.3. The molecule has 0 amide bonds. The third-order valence-corrected chi connectivity index (χ3v) is 19.5. The lowest BCUT2D eigenvalue weighted by Gasteiger charge is -2.51. The Labute approximate surface area is 368 Å². The Morgan fingerprint density at radius 3 is 1.87 bits per heavy atom. The first-order valence-corrected chi connectivity index (χ1v) is 24.2. The maximum Gasteiger partial charge on any atom is 0.337 e. The van der Waals surface area contributed by atoms with Crippen LogP contribution in [0.15, 0.2) is 199 Å². The number of fused-ring (bicyclic) bond motifs is 17. The normalized spacial score (nSPS) is 14.6. The first kappa shape index (κ1) is 35.3. The molecule has 10 aromatic rings. The third-order valence-electron chi connectivity index (χ3n) is 14.6. The smallest absolute Gasteiger partial charge is 0.337 e. The topological polar surface area (TPSA) is 19.6 Å². The average Bonchev–Trinajstić information content (AvgIpc) is 3.85. The van der Waals surface area contributed by atoms with Gasteiger partial charge in [-0.3, -0.25) is 4.90 Å². The highest BCUT2D eigenvalue weighted by molar-refractivity contribution is 7.24. The minimum Gasteiger partial charge on any atom is -0.440 e. The van der Waals surface area contributed by atoms with E-state index in [1.807, 2.05) is 0 Å². The molecule has 0 N–H and O–H groups in total. The maximum atomic E-state index is 7.36. The van der Waals surface area contributed by atoms with Crippen LogP contribution in [0.2, 0.25) is 0 Å². The van der Waals surface area contributed by atoms with Crippen molar-refractivity contribution in [2.45, 2.75) is 26.2 Å². The minimum absolute atomic E-state index is 0.0394. The fourth-order valence-corrected chi connectivity index (χ4v) is 17.6. The molecule has 9 aromatic carbocycles. The van der Waals surface area contributed by atoms with Crippen LogP contribution >= 0.6 is 0 Å². The number of anilines is 5. The summed E-state index contributed by atoms with van der Waals surface area (Å²) in [6, 6.07) is 73.4. The van der Waals surface area contributed by atoms with Crippen LogP contribution in [0.5, 0.6) is 0 Å². The van der Waals surface area contributed by atoms with Crippen LogP contribution in [-0.4, -0.2) is 14.9 Å². The summed E-state index contributed by atoms with van der Waals surface area (Å²) in [5, 5.41) is 9.43. The standard InChI is InChI=1S/C58H41BN2OSi/c1-58(2,3)38-32-33-46(44(35-38)36-18-5-4-6-19-36)60-56-39-21-8-7-20-37(39)34-45-42-25-17-31-52-55(42)61(59(53(45)56)54-43-24-9-13-27-48(43)62-57(54)60)47-26-12-16-30-51(47)63(52)49-28-14-10-22-40(49)41-23-11-15-29-50(41)63/h4-35H,1-3H3. The van der Waals surface area contributed by atoms with Gasteiger partial charge in [-0.15, -0.1) is 0 Å². The Morgan fingerprint density at radius 1 is 0.460 bits per heavy atom. The van der Waals surface area contributed by atoms with E-state index in [0.717, 1.165) is 22.5 Å². The Hall–Kier alpha value is -7.34. The molecule has 5 heteroatoms. The molecule has 4 aliphatic heterocycles. The number of benzene rings is 9. The van der Waals surface area contributed by atoms with E-state index in [9.17, 15) is 0 Å². The maximum absolute atomic E-state index is 7.36. The van der Waals surface area contributed by atoms with Crippen molar-refractivity contribution >= 4 is 97.0 Å². The Balaban J connectivity index is 1.16. The molecule has 0 aliphatic carbocycles. The van der Waals surface area contributed by atoms with Crippen molar-refractivity contribution in [1.82, 2.24) is 0 Å². The van der Waals surface area contributed by atoms with Crippen molar-refractivity contribution < 1.29 is 4.42 Å². The second kappa shape index (κ2) is 12.4. The van der Waals surface area contributed by atoms with Crippen LogP contribution in [0, 0.1) is 0 Å². The molecule has 4 aliphatic rings. The molecular weight excluding hydrogens is 780 g/mol. The summed E-state index contributed by atoms with van der Waals surface area (Å²) in [6.07, 6.45) is 0. The summed E-state index contributed by atoms with van der Waals surface area (Å²) >= 11 is 0. The van der Waals surface area contributed by atoms with Crippen molar-refractivity contribution in [2.24, 2.45) is 0 Å². The van der Waals surface area contributed by atoms with Gasteiger partial charge in [-0.25, -0.2) is 0 Å². The summed E-state index contributed by atoms with van der Waals surface area (Å²) in [7, 11) is -2.81. The zero-order valence-corrected chi connectivity index (χ0v) is 36.4. The van der Waals surface area contributed by atoms with Gasteiger partial charge in [-0.2, -0.15) is 0 Å². The van der Waals surface area contributed by atoms with Gasteiger partial charge in [-0.1, -0.05) is 185 Å². The lowest BCUT2D eigenvalue weighted by Crippen LogP contribution is -2.78. The van der Waals surface area contributed by atoms with E-state index in [-0.39, 0.29) is 12.3 Å². The molecule has 1 aromatic heterocycles. The Morgan fingerprint density at radius 2 is 1.10 bits per heavy atom. The largest absolute Gasteiger partial charge is 0.440 e. The van der Waals surface area contributed by atoms with Crippen molar-refractivity contribution in [3.63, 3.8) is 0 Å². The molecule has 1 spiro atoms. The average molecular weight is 821 g/mol. The van der Waals surface area contributed by atoms with Crippen LogP contribution in [-0.2, 0) is 5.41 Å². The Bertz CT molecular complexity index is 3560. The summed E-state index contributed by atoms with van der Waals surface area (Å²) in [6.45, 7) is 6.74. The number of hydrogen-bond donors (Lipinski definition) is 0. The van der Waals surface area contributed by atoms with E-state index in [1.165, 1.54) is 98.5 Å². The van der Waals surface area contributed by atoms with E-state index in [1.54, 1.807) is 0 Å². The highest BCUT2D eigenvalue weighted by Crippen LogP contribution is 2.53. The van der Waals surface area contributed by atoms with Gasteiger partial charge in [0.05, 0.1) is 11.4 Å². The second-order valence-electron chi connectivity index (χ2n) is 18.7. The number of hydrogen-bond acceptors (Lipinski definition) is 3. The summed E-state index contributed by atoms with van der Waals surface area (Å²) < 4.78 is 7.36. The van der Waals surface area contributed by atoms with Gasteiger partial charge < -0.3 is 9.23 Å². The van der Waals surface area contributed by atoms with Crippen LogP contribution in [0.25, 0.3) is 55.1 Å². The highest BCUT2D eigenvalue weighted by Gasteiger charge is 2.58. The van der Waals surface area contributed by atoms with Gasteiger partial charge in [0.2, 0.25) is 5.88 Å². The van der Waals surface area contributed by atoms with Gasteiger partial charge in [-0.05, 0) is 95.2 Å². The molecule has 0 fully saturated rings. The van der Waals surface area contributed by atoms with Crippen LogP contribution < -0.4 is 41.4 Å². The lowest BCUT2D eigenvalue weighted by molar-refractivity contribution is 0.590. The molecule has 0 unspecified atom stereocenters. The fourth-order valence-electron chi connectivity index (χ4n) is 12.0. The molecule has 14 rings (SSSR count). The number of rotatable bonds is 2. The first-order chi connectivity index (χ1) is 30.9. The molecule has 0 bridgehead atoms. The molecule has 0 saturated heterocycles. The van der Waals surface area contributed by atoms with Crippen molar-refractivity contribution in [2.75, 3.05) is 9.71 Å². The van der Waals surface area contributed by atoms with E-state index in [4.69, 9.17) is 4.42 Å². The molecular formula is C58H41BN2OSi. The van der Waals surface area contributed by atoms with Crippen molar-refractivity contribution in [1.29, 1.82) is 0 Å². The molecule has 0 saturated carbocycles. The number of furan rings is 1. The van der Waals surface area contributed by atoms with Gasteiger partial charge in [0, 0.05) is 38.7 Å². The molecule has 296 valence electrons. The van der Waals surface area contributed by atoms with Gasteiger partial charge >= 0.3 is 6.85 Å². The van der Waals surface area contributed by atoms with E-state index in [2.05, 4.69) is 225 Å². The zero-order valence-electron chi connectivity index (χ0n) is 35.4. The summed E-state index contributed by atoms with van der Waals surface area (Å²) in [4.78, 5) is 5.23. The minimum atomic E-state index is -2.81. The van der Waals surface area contributed by atoms with Crippen LogP contribution in [0.3, 0.4) is 0 Å². The van der Waals surface area contributed by atoms with Crippen LogP contribution in [0.4, 0.5) is 28.6 Å². The zero-order chi connectivity index (χ0) is 41.8. The molecule has 5 heterocycles. The van der Waals surface area contributed by atoms with Crippen molar-refractivity contribution in [3.8, 4) is 33.4 Å². The molecule has 3 nitrogen and oxygen atoms in total. The molecule has 0 radical (unpaired) electrons. The molecule has 63 heavy (non-hydrogen) atoms. The monoisotopic (exact) mass is 820 g/mol. The predicted octanol–water partition coefficient (Wildman–Crippen LogP) is 10.9. The van der Waals surface area contributed by atoms with E-state index in [0.29, 0.717) is 0 Å². The Kier molecular flexibility index (Phi) is 6.94. The first-order valence-electron chi connectivity index (χ1n) is 22.2. The lowest BCUT2D eigenvalue weighted by atomic mass is 9.43. The van der Waals surface area contributed by atoms with Gasteiger partial charge in [0.15, 0.2) is 8.07 Å². The predicted molar refractivity (Wildman–Crippen MR) is 268 cm³/mol. The van der Waals surface area contributed by atoms with E-state index < -0.39 is 8.07 Å². The second-order valence-corrected chi connectivity index (χ2v) is 22.4. The van der Waals surface area contributed by atoms with Crippen LogP contribution in [0.1, 0.15) is 26.3 Å². The van der Waals surface area contributed by atoms with Gasteiger partial charge in [0.1, 0.15) is 5.58 Å². The number of para-hydroxylation sites is 3. The highest BCUT2D eigenvalue weighted by atomic mass is 28.3. The van der Waals surface area contributed by atoms with E-state index >= 15 is 0 Å². The van der Waals surface area contributed by atoms with Gasteiger partial charge in [0.25, 0.3) is 0 Å². The van der Waals surface area contributed by atoms with Crippen molar-refractivity contribution in [3.05, 3.63) is 200 Å². The third kappa shape index (κ3) is 4.45. The SMILES string of the molecule is CC(C)(C)c1ccc(N2c3oc4ccccc4c3B3c4c(cc5ccccc5c42)-c2cccc4c2N3c2ccccc2[Si]42c3ccccc3-c3ccccc32)c(-c2ccccc2)c1. The number of nitrogens with zero attached hydrogens (tertiary/aromatic N) is 2. The fraction of sp³-hybridized carbons (Fsp3) is 0.0690. The summed E-state index contributed by atoms with van der Waals surface area (Å²) in [5.74, 6) is 0.879. The quantitative estimate of drug-likeness (QED) is 0.162. The molecule has 0 atom stereocenters.